The summed E-state index contributed by atoms with van der Waals surface area (Å²) < 4.78 is 40.0. The Morgan fingerprint density at radius 1 is 1.28 bits per heavy atom. The molecule has 0 saturated carbocycles. The Balaban J connectivity index is 1.71. The molecule has 32 heavy (non-hydrogen) atoms. The van der Waals surface area contributed by atoms with Gasteiger partial charge in [0.05, 0.1) is 18.8 Å². The van der Waals surface area contributed by atoms with Crippen LogP contribution in [0.4, 0.5) is 8.78 Å². The van der Waals surface area contributed by atoms with Crippen LogP contribution in [0.15, 0.2) is 24.5 Å². The highest BCUT2D eigenvalue weighted by Crippen LogP contribution is 2.28. The molecule has 2 aromatic rings. The van der Waals surface area contributed by atoms with E-state index in [1.165, 1.54) is 30.4 Å². The van der Waals surface area contributed by atoms with Crippen molar-refractivity contribution in [3.8, 4) is 5.88 Å². The van der Waals surface area contributed by atoms with Gasteiger partial charge in [-0.1, -0.05) is 0 Å². The van der Waals surface area contributed by atoms with Gasteiger partial charge >= 0.3 is 5.97 Å². The first-order valence-corrected chi connectivity index (χ1v) is 10.2. The van der Waals surface area contributed by atoms with E-state index in [1.807, 2.05) is 6.92 Å². The monoisotopic (exact) mass is 453 g/mol. The number of likely N-dealkylation sites (tertiary alicyclic amines) is 1. The number of carbonyl (C=O) groups is 2. The Kier molecular flexibility index (Phi) is 8.03. The van der Waals surface area contributed by atoms with Crippen LogP contribution in [0, 0.1) is 0 Å². The number of rotatable bonds is 9. The number of hydrogen-bond acceptors (Lipinski definition) is 8. The molecule has 2 aromatic heterocycles. The summed E-state index contributed by atoms with van der Waals surface area (Å²) in [6.07, 6.45) is 1.37. The Morgan fingerprint density at radius 3 is 2.84 bits per heavy atom. The summed E-state index contributed by atoms with van der Waals surface area (Å²) in [5.41, 5.74) is 0.170. The molecule has 1 aliphatic rings. The molecule has 0 aromatic carbocycles. The molecule has 0 unspecified atom stereocenters. The Hall–Kier alpha value is -3.15. The normalized spacial score (nSPS) is 18.6. The zero-order chi connectivity index (χ0) is 23.1. The summed E-state index contributed by atoms with van der Waals surface area (Å²) in [5, 5.41) is 8.36. The largest absolute Gasteiger partial charge is 0.471 e. The zero-order valence-corrected chi connectivity index (χ0v) is 17.8. The smallest absolute Gasteiger partial charge is 0.360 e. The van der Waals surface area contributed by atoms with Crippen LogP contribution in [-0.2, 0) is 9.47 Å². The van der Waals surface area contributed by atoms with Crippen molar-refractivity contribution in [1.29, 1.82) is 0 Å². The molecular formula is C20H25F2N5O5. The molecule has 0 N–H and O–H groups in total. The quantitative estimate of drug-likeness (QED) is 0.419. The fourth-order valence-corrected chi connectivity index (χ4v) is 3.36. The third-order valence-electron chi connectivity index (χ3n) is 5.03. The third kappa shape index (κ3) is 5.75. The van der Waals surface area contributed by atoms with E-state index in [4.69, 9.17) is 14.2 Å². The molecule has 0 bridgehead atoms. The number of esters is 1. The topological polar surface area (TPSA) is 109 Å². The van der Waals surface area contributed by atoms with Crippen LogP contribution in [0.5, 0.6) is 5.88 Å². The van der Waals surface area contributed by atoms with Crippen LogP contribution in [0.1, 0.15) is 46.7 Å². The molecule has 2 atom stereocenters. The van der Waals surface area contributed by atoms with E-state index >= 15 is 0 Å². The van der Waals surface area contributed by atoms with Crippen molar-refractivity contribution in [2.75, 3.05) is 33.5 Å². The van der Waals surface area contributed by atoms with Crippen molar-refractivity contribution in [3.63, 3.8) is 0 Å². The van der Waals surface area contributed by atoms with Crippen LogP contribution < -0.4 is 4.74 Å². The molecule has 174 valence electrons. The van der Waals surface area contributed by atoms with E-state index in [0.717, 1.165) is 0 Å². The minimum absolute atomic E-state index is 0.0625. The minimum Gasteiger partial charge on any atom is -0.471 e. The van der Waals surface area contributed by atoms with Gasteiger partial charge in [0.25, 0.3) is 12.3 Å². The summed E-state index contributed by atoms with van der Waals surface area (Å²) in [6, 6.07) is 2.67. The number of halogens is 2. The standard InChI is InChI=1S/C20H25F2N5O5/c1-13-5-6-14(27-24-10-16(25-27)20(29)31-9-8-30-2)11-26(13)19(28)15-4-3-7-23-18(15)32-12-17(21)22/h3-4,7,10,13-14,17H,5-6,8-9,11-12H2,1-2H3/t13-,14-/m1/s1. The van der Waals surface area contributed by atoms with Gasteiger partial charge in [-0.2, -0.15) is 9.90 Å². The lowest BCUT2D eigenvalue weighted by molar-refractivity contribution is 0.0377. The third-order valence-corrected chi connectivity index (χ3v) is 5.03. The Labute approximate surface area is 183 Å². The summed E-state index contributed by atoms with van der Waals surface area (Å²) in [7, 11) is 1.50. The number of aromatic nitrogens is 4. The molecule has 12 heteroatoms. The van der Waals surface area contributed by atoms with Gasteiger partial charge in [0.15, 0.2) is 12.3 Å². The Bertz CT molecular complexity index is 925. The van der Waals surface area contributed by atoms with Gasteiger partial charge in [-0.25, -0.2) is 18.6 Å². The lowest BCUT2D eigenvalue weighted by Crippen LogP contribution is -2.46. The van der Waals surface area contributed by atoms with Crippen molar-refractivity contribution >= 4 is 11.9 Å². The lowest BCUT2D eigenvalue weighted by Gasteiger charge is -2.37. The van der Waals surface area contributed by atoms with Gasteiger partial charge in [0.1, 0.15) is 12.2 Å². The maximum Gasteiger partial charge on any atom is 0.360 e. The average molecular weight is 453 g/mol. The number of methoxy groups -OCH3 is 1. The summed E-state index contributed by atoms with van der Waals surface area (Å²) in [6.45, 7) is 1.70. The zero-order valence-electron chi connectivity index (χ0n) is 17.8. The number of pyridine rings is 1. The molecule has 10 nitrogen and oxygen atoms in total. The van der Waals surface area contributed by atoms with E-state index in [0.29, 0.717) is 12.8 Å². The molecule has 0 spiro atoms. The van der Waals surface area contributed by atoms with Gasteiger partial charge < -0.3 is 19.1 Å². The average Bonchev–Trinajstić information content (AvgIpc) is 3.28. The predicted octanol–water partition coefficient (Wildman–Crippen LogP) is 1.99. The number of carbonyl (C=O) groups excluding carboxylic acids is 2. The molecule has 1 amide bonds. The number of piperidine rings is 1. The first-order chi connectivity index (χ1) is 15.4. The summed E-state index contributed by atoms with van der Waals surface area (Å²) >= 11 is 0. The van der Waals surface area contributed by atoms with Crippen molar-refractivity contribution in [3.05, 3.63) is 35.8 Å². The SMILES string of the molecule is COCCOC(=O)c1cnn([C@@H]2CC[C@@H](C)N(C(=O)c3cccnc3OCC(F)F)C2)n1. The first kappa shape index (κ1) is 23.5. The minimum atomic E-state index is -2.68. The van der Waals surface area contributed by atoms with Gasteiger partial charge in [0.2, 0.25) is 5.88 Å². The van der Waals surface area contributed by atoms with E-state index < -0.39 is 19.0 Å². The highest BCUT2D eigenvalue weighted by Gasteiger charge is 2.33. The van der Waals surface area contributed by atoms with Crippen molar-refractivity contribution < 1.29 is 32.6 Å². The van der Waals surface area contributed by atoms with E-state index in [9.17, 15) is 18.4 Å². The van der Waals surface area contributed by atoms with Crippen molar-refractivity contribution in [2.24, 2.45) is 0 Å². The molecule has 1 aliphatic heterocycles. The Morgan fingerprint density at radius 2 is 2.09 bits per heavy atom. The van der Waals surface area contributed by atoms with E-state index in [-0.39, 0.29) is 54.9 Å². The number of ether oxygens (including phenoxy) is 3. The maximum atomic E-state index is 13.2. The molecule has 1 fully saturated rings. The predicted molar refractivity (Wildman–Crippen MR) is 107 cm³/mol. The maximum absolute atomic E-state index is 13.2. The van der Waals surface area contributed by atoms with Crippen LogP contribution in [0.3, 0.4) is 0 Å². The molecule has 0 radical (unpaired) electrons. The molecule has 1 saturated heterocycles. The molecule has 3 rings (SSSR count). The molecule has 0 aliphatic carbocycles. The van der Waals surface area contributed by atoms with Gasteiger partial charge in [-0.15, -0.1) is 5.10 Å². The van der Waals surface area contributed by atoms with Gasteiger partial charge in [-0.3, -0.25) is 4.79 Å². The first-order valence-electron chi connectivity index (χ1n) is 10.2. The van der Waals surface area contributed by atoms with Crippen molar-refractivity contribution in [1.82, 2.24) is 24.9 Å². The number of nitrogens with zero attached hydrogens (tertiary/aromatic N) is 5. The summed E-state index contributed by atoms with van der Waals surface area (Å²) in [5.74, 6) is -1.13. The molecular weight excluding hydrogens is 428 g/mol. The fourth-order valence-electron chi connectivity index (χ4n) is 3.36. The number of alkyl halides is 2. The second-order valence-electron chi connectivity index (χ2n) is 7.27. The van der Waals surface area contributed by atoms with Gasteiger partial charge in [-0.05, 0) is 31.9 Å². The number of amides is 1. The highest BCUT2D eigenvalue weighted by atomic mass is 19.3. The molecule has 3 heterocycles. The lowest BCUT2D eigenvalue weighted by atomic mass is 9.98. The van der Waals surface area contributed by atoms with Gasteiger partial charge in [0, 0.05) is 25.9 Å². The van der Waals surface area contributed by atoms with Crippen LogP contribution in [0.2, 0.25) is 0 Å². The van der Waals surface area contributed by atoms with Crippen molar-refractivity contribution in [2.45, 2.75) is 38.3 Å². The van der Waals surface area contributed by atoms with E-state index in [1.54, 1.807) is 11.0 Å². The van der Waals surface area contributed by atoms with Crippen LogP contribution in [0.25, 0.3) is 0 Å². The van der Waals surface area contributed by atoms with Crippen LogP contribution >= 0.6 is 0 Å². The second-order valence-corrected chi connectivity index (χ2v) is 7.27. The van der Waals surface area contributed by atoms with Crippen LogP contribution in [-0.4, -0.2) is 82.7 Å². The van der Waals surface area contributed by atoms with E-state index in [2.05, 4.69) is 15.2 Å². The second kappa shape index (κ2) is 10.9. The number of hydrogen-bond donors (Lipinski definition) is 0. The highest BCUT2D eigenvalue weighted by molar-refractivity contribution is 5.96. The fraction of sp³-hybridized carbons (Fsp3) is 0.550. The summed E-state index contributed by atoms with van der Waals surface area (Å²) in [4.78, 5) is 32.2.